The van der Waals surface area contributed by atoms with Crippen LogP contribution in [0.3, 0.4) is 0 Å². The van der Waals surface area contributed by atoms with Gasteiger partial charge in [0.15, 0.2) is 0 Å². The van der Waals surface area contributed by atoms with Crippen LogP contribution in [0.4, 0.5) is 0 Å². The Labute approximate surface area is 77.3 Å². The molecule has 1 N–H and O–H groups in total. The predicted molar refractivity (Wildman–Crippen MR) is 55.5 cm³/mol. The van der Waals surface area contributed by atoms with Gasteiger partial charge in [-0.3, -0.25) is 0 Å². The molecule has 1 rings (SSSR count). The van der Waals surface area contributed by atoms with Gasteiger partial charge in [-0.15, -0.1) is 0 Å². The summed E-state index contributed by atoms with van der Waals surface area (Å²) in [5.41, 5.74) is 0. The van der Waals surface area contributed by atoms with E-state index in [2.05, 4.69) is 31.2 Å². The van der Waals surface area contributed by atoms with Crippen molar-refractivity contribution in [1.29, 1.82) is 0 Å². The molecule has 1 aliphatic heterocycles. The number of nitrogens with one attached hydrogen (secondary N) is 1. The Morgan fingerprint density at radius 3 is 2.33 bits per heavy atom. The Balaban J connectivity index is 0.000000561. The van der Waals surface area contributed by atoms with Crippen LogP contribution >= 0.6 is 0 Å². The topological polar surface area (TPSA) is 15.3 Å². The van der Waals surface area contributed by atoms with Crippen molar-refractivity contribution in [3.05, 3.63) is 0 Å². The third kappa shape index (κ3) is 3.55. The molecule has 0 bridgehead atoms. The molecule has 0 aromatic rings. The maximum Gasteiger partial charge on any atom is 0.0114 e. The van der Waals surface area contributed by atoms with Crippen molar-refractivity contribution >= 4 is 0 Å². The zero-order chi connectivity index (χ0) is 9.56. The van der Waals surface area contributed by atoms with Crippen LogP contribution in [0.5, 0.6) is 0 Å². The summed E-state index contributed by atoms with van der Waals surface area (Å²) >= 11 is 0. The van der Waals surface area contributed by atoms with Crippen LogP contribution in [-0.4, -0.2) is 38.1 Å². The molecule has 1 saturated heterocycles. The molecule has 0 saturated carbocycles. The highest BCUT2D eigenvalue weighted by Crippen LogP contribution is 2.14. The van der Waals surface area contributed by atoms with E-state index in [1.165, 1.54) is 19.5 Å². The molecule has 74 valence electrons. The Morgan fingerprint density at radius 1 is 1.33 bits per heavy atom. The zero-order valence-electron chi connectivity index (χ0n) is 9.22. The highest BCUT2D eigenvalue weighted by atomic mass is 15.1. The Bertz CT molecular complexity index is 104. The number of nitrogens with zero attached hydrogens (tertiary/aromatic N) is 1. The van der Waals surface area contributed by atoms with Crippen molar-refractivity contribution in [2.24, 2.45) is 5.92 Å². The molecule has 2 atom stereocenters. The summed E-state index contributed by atoms with van der Waals surface area (Å²) < 4.78 is 0. The number of hydrogen-bond acceptors (Lipinski definition) is 2. The molecule has 12 heavy (non-hydrogen) atoms. The molecule has 0 aromatic heterocycles. The maximum absolute atomic E-state index is 3.35. The van der Waals surface area contributed by atoms with Crippen molar-refractivity contribution in [2.75, 3.05) is 27.2 Å². The Kier molecular flexibility index (Phi) is 6.39. The summed E-state index contributed by atoms with van der Waals surface area (Å²) in [6.45, 7) is 8.80. The minimum absolute atomic E-state index is 0.746. The molecular formula is C10H24N2. The Hall–Kier alpha value is -0.0800. The number of rotatable bonds is 1. The molecular weight excluding hydrogens is 148 g/mol. The second-order valence-corrected chi connectivity index (χ2v) is 3.42. The normalized spacial score (nSPS) is 30.8. The summed E-state index contributed by atoms with van der Waals surface area (Å²) in [5.74, 6) is 0.809. The average molecular weight is 172 g/mol. The van der Waals surface area contributed by atoms with Crippen molar-refractivity contribution in [2.45, 2.75) is 33.2 Å². The summed E-state index contributed by atoms with van der Waals surface area (Å²) in [7, 11) is 4.26. The van der Waals surface area contributed by atoms with Crippen LogP contribution in [0.1, 0.15) is 27.2 Å². The first kappa shape index (κ1) is 11.9. The van der Waals surface area contributed by atoms with E-state index >= 15 is 0 Å². The minimum Gasteiger partial charge on any atom is -0.317 e. The molecule has 0 radical (unpaired) electrons. The van der Waals surface area contributed by atoms with E-state index in [1.54, 1.807) is 0 Å². The van der Waals surface area contributed by atoms with E-state index in [0.29, 0.717) is 0 Å². The molecule has 1 fully saturated rings. The van der Waals surface area contributed by atoms with Crippen LogP contribution in [0.15, 0.2) is 0 Å². The summed E-state index contributed by atoms with van der Waals surface area (Å²) in [6, 6.07) is 0.746. The van der Waals surface area contributed by atoms with Crippen molar-refractivity contribution < 1.29 is 0 Å². The van der Waals surface area contributed by atoms with Crippen LogP contribution in [0.25, 0.3) is 0 Å². The summed E-state index contributed by atoms with van der Waals surface area (Å²) in [5, 5.41) is 3.35. The van der Waals surface area contributed by atoms with Gasteiger partial charge >= 0.3 is 0 Å². The molecule has 1 heterocycles. The first-order valence-electron chi connectivity index (χ1n) is 5.10. The molecule has 0 aliphatic carbocycles. The highest BCUT2D eigenvalue weighted by Gasteiger charge is 2.21. The van der Waals surface area contributed by atoms with Gasteiger partial charge in [-0.2, -0.15) is 0 Å². The standard InChI is InChI=1S/C8H18N2.C2H6/c1-7-6-10(3)5-4-8(7)9-2;1-2/h7-9H,4-6H2,1-3H3;1-2H3. The fraction of sp³-hybridized carbons (Fsp3) is 1.00. The predicted octanol–water partition coefficient (Wildman–Crippen LogP) is 1.57. The van der Waals surface area contributed by atoms with Crippen LogP contribution in [0.2, 0.25) is 0 Å². The van der Waals surface area contributed by atoms with Crippen molar-refractivity contribution in [3.8, 4) is 0 Å². The first-order valence-corrected chi connectivity index (χ1v) is 5.10. The molecule has 0 spiro atoms. The average Bonchev–Trinajstić information content (AvgIpc) is 2.08. The van der Waals surface area contributed by atoms with E-state index in [1.807, 2.05) is 13.8 Å². The lowest BCUT2D eigenvalue weighted by Crippen LogP contribution is -2.45. The maximum atomic E-state index is 3.35. The molecule has 0 amide bonds. The number of piperidine rings is 1. The molecule has 2 heteroatoms. The number of likely N-dealkylation sites (tertiary alicyclic amines) is 1. The van der Waals surface area contributed by atoms with Gasteiger partial charge in [0.05, 0.1) is 0 Å². The highest BCUT2D eigenvalue weighted by molar-refractivity contribution is 4.79. The van der Waals surface area contributed by atoms with Gasteiger partial charge in [0.25, 0.3) is 0 Å². The van der Waals surface area contributed by atoms with Crippen LogP contribution in [0, 0.1) is 5.92 Å². The zero-order valence-corrected chi connectivity index (χ0v) is 9.22. The van der Waals surface area contributed by atoms with Gasteiger partial charge in [0.2, 0.25) is 0 Å². The molecule has 2 nitrogen and oxygen atoms in total. The van der Waals surface area contributed by atoms with Gasteiger partial charge in [0, 0.05) is 12.6 Å². The summed E-state index contributed by atoms with van der Waals surface area (Å²) in [4.78, 5) is 2.40. The van der Waals surface area contributed by atoms with Crippen LogP contribution in [-0.2, 0) is 0 Å². The fourth-order valence-corrected chi connectivity index (χ4v) is 1.78. The van der Waals surface area contributed by atoms with E-state index in [4.69, 9.17) is 0 Å². The first-order chi connectivity index (χ1) is 5.74. The van der Waals surface area contributed by atoms with Gasteiger partial charge in [-0.05, 0) is 33.0 Å². The Morgan fingerprint density at radius 2 is 1.92 bits per heavy atom. The van der Waals surface area contributed by atoms with Crippen molar-refractivity contribution in [1.82, 2.24) is 10.2 Å². The van der Waals surface area contributed by atoms with E-state index < -0.39 is 0 Å². The SMILES string of the molecule is CC.CNC1CCN(C)CC1C. The number of hydrogen-bond donors (Lipinski definition) is 1. The monoisotopic (exact) mass is 172 g/mol. The third-order valence-corrected chi connectivity index (χ3v) is 2.48. The molecule has 1 aliphatic rings. The molecule has 2 unspecified atom stereocenters. The van der Waals surface area contributed by atoms with Crippen molar-refractivity contribution in [3.63, 3.8) is 0 Å². The fourth-order valence-electron chi connectivity index (χ4n) is 1.78. The lowest BCUT2D eigenvalue weighted by Gasteiger charge is -2.34. The lowest BCUT2D eigenvalue weighted by molar-refractivity contribution is 0.180. The van der Waals surface area contributed by atoms with Gasteiger partial charge < -0.3 is 10.2 Å². The second-order valence-electron chi connectivity index (χ2n) is 3.42. The van der Waals surface area contributed by atoms with Crippen LogP contribution < -0.4 is 5.32 Å². The smallest absolute Gasteiger partial charge is 0.0114 e. The van der Waals surface area contributed by atoms with E-state index in [0.717, 1.165) is 12.0 Å². The quantitative estimate of drug-likeness (QED) is 0.646. The second kappa shape index (κ2) is 6.44. The lowest BCUT2D eigenvalue weighted by atomic mass is 9.95. The van der Waals surface area contributed by atoms with Gasteiger partial charge in [0.1, 0.15) is 0 Å². The van der Waals surface area contributed by atoms with E-state index in [9.17, 15) is 0 Å². The largest absolute Gasteiger partial charge is 0.317 e. The van der Waals surface area contributed by atoms with Gasteiger partial charge in [-0.1, -0.05) is 20.8 Å². The minimum atomic E-state index is 0.746. The summed E-state index contributed by atoms with van der Waals surface area (Å²) in [6.07, 6.45) is 1.30. The third-order valence-electron chi connectivity index (χ3n) is 2.48. The van der Waals surface area contributed by atoms with Gasteiger partial charge in [-0.25, -0.2) is 0 Å². The van der Waals surface area contributed by atoms with E-state index in [-0.39, 0.29) is 0 Å². The molecule has 0 aromatic carbocycles.